The van der Waals surface area contributed by atoms with Gasteiger partial charge >= 0.3 is 6.18 Å². The molecule has 0 saturated heterocycles. The molecule has 3 heterocycles. The van der Waals surface area contributed by atoms with Crippen molar-refractivity contribution in [1.29, 1.82) is 0 Å². The van der Waals surface area contributed by atoms with Crippen LogP contribution in [0.3, 0.4) is 0 Å². The Labute approximate surface area is 194 Å². The van der Waals surface area contributed by atoms with Crippen LogP contribution in [0.25, 0.3) is 16.9 Å². The quantitative estimate of drug-likeness (QED) is 0.423. The number of oxazole rings is 1. The van der Waals surface area contributed by atoms with Crippen molar-refractivity contribution >= 4 is 22.7 Å². The van der Waals surface area contributed by atoms with Crippen LogP contribution in [0, 0.1) is 13.8 Å². The van der Waals surface area contributed by atoms with E-state index in [1.54, 1.807) is 32.0 Å². The number of pyridine rings is 1. The minimum Gasteiger partial charge on any atom is -0.440 e. The number of fused-ring (bicyclic) bond motifs is 1. The molecule has 0 radical (unpaired) electrons. The fourth-order valence-corrected chi connectivity index (χ4v) is 3.52. The van der Waals surface area contributed by atoms with Crippen molar-refractivity contribution in [3.63, 3.8) is 0 Å². The molecule has 178 valence electrons. The minimum absolute atomic E-state index is 0.0440. The molecular weight excluding hydrogens is 447 g/mol. The third kappa shape index (κ3) is 4.66. The van der Waals surface area contributed by atoms with E-state index in [1.807, 2.05) is 20.8 Å². The first-order valence-corrected chi connectivity index (χ1v) is 10.6. The number of aromatic nitrogens is 4. The molecule has 0 aliphatic carbocycles. The maximum absolute atomic E-state index is 12.8. The number of rotatable bonds is 4. The number of aryl methyl sites for hydroxylation is 1. The third-order valence-electron chi connectivity index (χ3n) is 5.38. The highest BCUT2D eigenvalue weighted by atomic mass is 19.4. The van der Waals surface area contributed by atoms with Crippen LogP contribution in [0.1, 0.15) is 49.2 Å². The molecule has 0 atom stereocenters. The lowest BCUT2D eigenvalue weighted by Crippen LogP contribution is -2.15. The molecule has 0 unspecified atom stereocenters. The van der Waals surface area contributed by atoms with Crippen LogP contribution in [-0.2, 0) is 22.8 Å². The summed E-state index contributed by atoms with van der Waals surface area (Å²) in [5, 5.41) is 7.23. The Morgan fingerprint density at radius 3 is 2.47 bits per heavy atom. The third-order valence-corrected chi connectivity index (χ3v) is 5.38. The number of amides is 1. The van der Waals surface area contributed by atoms with Crippen molar-refractivity contribution in [3.05, 3.63) is 64.9 Å². The number of hydrogen-bond acceptors (Lipinski definition) is 5. The van der Waals surface area contributed by atoms with E-state index in [2.05, 4.69) is 20.4 Å². The van der Waals surface area contributed by atoms with E-state index in [-0.39, 0.29) is 23.6 Å². The summed E-state index contributed by atoms with van der Waals surface area (Å²) in [5.41, 5.74) is 2.69. The highest BCUT2D eigenvalue weighted by Crippen LogP contribution is 2.30. The van der Waals surface area contributed by atoms with Crippen LogP contribution in [-0.4, -0.2) is 25.7 Å². The van der Waals surface area contributed by atoms with Gasteiger partial charge in [0.05, 0.1) is 17.7 Å². The predicted molar refractivity (Wildman–Crippen MR) is 121 cm³/mol. The second kappa shape index (κ2) is 8.27. The van der Waals surface area contributed by atoms with E-state index in [4.69, 9.17) is 4.42 Å². The van der Waals surface area contributed by atoms with E-state index in [1.165, 1.54) is 10.7 Å². The molecule has 0 aliphatic rings. The lowest BCUT2D eigenvalue weighted by molar-refractivity contribution is -0.137. The van der Waals surface area contributed by atoms with Crippen molar-refractivity contribution < 1.29 is 22.4 Å². The molecule has 0 saturated carbocycles. The molecule has 0 fully saturated rings. The SMILES string of the molecule is Cc1nn(-c2ccc(C(F)(F)F)cn2)c(C)c1CC(=O)Nc1ccc2oc(C(C)(C)C)nc2c1. The highest BCUT2D eigenvalue weighted by molar-refractivity contribution is 5.94. The second-order valence-electron chi connectivity index (χ2n) is 9.14. The number of nitrogens with one attached hydrogen (secondary N) is 1. The van der Waals surface area contributed by atoms with Gasteiger partial charge in [-0.2, -0.15) is 18.3 Å². The first kappa shape index (κ1) is 23.5. The Balaban J connectivity index is 1.52. The molecule has 0 spiro atoms. The average molecular weight is 471 g/mol. The molecule has 7 nitrogen and oxygen atoms in total. The Morgan fingerprint density at radius 2 is 1.85 bits per heavy atom. The number of halogens is 3. The number of carbonyl (C=O) groups is 1. The van der Waals surface area contributed by atoms with Crippen LogP contribution in [0.15, 0.2) is 40.9 Å². The molecule has 1 amide bonds. The fraction of sp³-hybridized carbons (Fsp3) is 0.333. The molecule has 4 rings (SSSR count). The van der Waals surface area contributed by atoms with Gasteiger partial charge < -0.3 is 9.73 Å². The summed E-state index contributed by atoms with van der Waals surface area (Å²) in [7, 11) is 0. The zero-order chi connectivity index (χ0) is 24.8. The van der Waals surface area contributed by atoms with Crippen LogP contribution in [0.5, 0.6) is 0 Å². The van der Waals surface area contributed by atoms with Gasteiger partial charge in [-0.05, 0) is 44.2 Å². The Kier molecular flexibility index (Phi) is 5.71. The minimum atomic E-state index is -4.47. The number of carbonyl (C=O) groups excluding carboxylic acids is 1. The van der Waals surface area contributed by atoms with Crippen LogP contribution in [0.4, 0.5) is 18.9 Å². The number of alkyl halides is 3. The lowest BCUT2D eigenvalue weighted by Gasteiger charge is -2.11. The number of anilines is 1. The molecule has 3 aromatic heterocycles. The molecule has 0 bridgehead atoms. The van der Waals surface area contributed by atoms with Gasteiger partial charge in [0.25, 0.3) is 0 Å². The second-order valence-corrected chi connectivity index (χ2v) is 9.14. The zero-order valence-corrected chi connectivity index (χ0v) is 19.4. The van der Waals surface area contributed by atoms with E-state index < -0.39 is 11.7 Å². The summed E-state index contributed by atoms with van der Waals surface area (Å²) in [5.74, 6) is 0.595. The molecule has 0 aliphatic heterocycles. The monoisotopic (exact) mass is 471 g/mol. The van der Waals surface area contributed by atoms with Crippen LogP contribution >= 0.6 is 0 Å². The molecule has 1 N–H and O–H groups in total. The Bertz CT molecular complexity index is 1360. The lowest BCUT2D eigenvalue weighted by atomic mass is 9.97. The summed E-state index contributed by atoms with van der Waals surface area (Å²) in [4.78, 5) is 21.2. The zero-order valence-electron chi connectivity index (χ0n) is 19.4. The van der Waals surface area contributed by atoms with Gasteiger partial charge in [0, 0.05) is 28.6 Å². The number of nitrogens with zero attached hydrogens (tertiary/aromatic N) is 4. The first-order valence-electron chi connectivity index (χ1n) is 10.6. The molecule has 34 heavy (non-hydrogen) atoms. The summed E-state index contributed by atoms with van der Waals surface area (Å²) in [6, 6.07) is 7.47. The molecule has 1 aromatic carbocycles. The van der Waals surface area contributed by atoms with Crippen molar-refractivity contribution in [2.45, 2.75) is 52.6 Å². The summed E-state index contributed by atoms with van der Waals surface area (Å²) < 4.78 is 45.7. The van der Waals surface area contributed by atoms with E-state index in [9.17, 15) is 18.0 Å². The predicted octanol–water partition coefficient (Wildman–Crippen LogP) is 5.52. The van der Waals surface area contributed by atoms with Gasteiger partial charge in [-0.15, -0.1) is 0 Å². The van der Waals surface area contributed by atoms with Gasteiger partial charge in [-0.25, -0.2) is 14.6 Å². The standard InChI is InChI=1S/C24H24F3N5O2/c1-13-17(14(2)32(31-13)20-9-6-15(12-28-20)24(25,26)27)11-21(33)29-16-7-8-19-18(10-16)30-22(34-19)23(3,4)5/h6-10,12H,11H2,1-5H3,(H,29,33). The van der Waals surface area contributed by atoms with Crippen molar-refractivity contribution in [3.8, 4) is 5.82 Å². The largest absolute Gasteiger partial charge is 0.440 e. The van der Waals surface area contributed by atoms with Crippen LogP contribution in [0.2, 0.25) is 0 Å². The fourth-order valence-electron chi connectivity index (χ4n) is 3.52. The van der Waals surface area contributed by atoms with Gasteiger partial charge in [0.2, 0.25) is 11.8 Å². The summed E-state index contributed by atoms with van der Waals surface area (Å²) >= 11 is 0. The van der Waals surface area contributed by atoms with Gasteiger partial charge in [0.1, 0.15) is 5.52 Å². The van der Waals surface area contributed by atoms with E-state index >= 15 is 0 Å². The average Bonchev–Trinajstić information content (AvgIpc) is 3.29. The van der Waals surface area contributed by atoms with Crippen molar-refractivity contribution in [2.75, 3.05) is 5.32 Å². The summed E-state index contributed by atoms with van der Waals surface area (Å²) in [6.07, 6.45) is -3.65. The van der Waals surface area contributed by atoms with E-state index in [0.29, 0.717) is 39.6 Å². The Morgan fingerprint density at radius 1 is 1.12 bits per heavy atom. The number of benzene rings is 1. The van der Waals surface area contributed by atoms with Crippen LogP contribution < -0.4 is 5.32 Å². The highest BCUT2D eigenvalue weighted by Gasteiger charge is 2.31. The molecular formula is C24H24F3N5O2. The first-order chi connectivity index (χ1) is 15.8. The van der Waals surface area contributed by atoms with Gasteiger partial charge in [0.15, 0.2) is 11.4 Å². The topological polar surface area (TPSA) is 85.8 Å². The van der Waals surface area contributed by atoms with Crippen molar-refractivity contribution in [2.24, 2.45) is 0 Å². The van der Waals surface area contributed by atoms with E-state index in [0.717, 1.165) is 12.3 Å². The number of hydrogen-bond donors (Lipinski definition) is 1. The maximum Gasteiger partial charge on any atom is 0.417 e. The van der Waals surface area contributed by atoms with Gasteiger partial charge in [-0.3, -0.25) is 4.79 Å². The molecule has 4 aromatic rings. The Hall–Kier alpha value is -3.69. The maximum atomic E-state index is 12.8. The van der Waals surface area contributed by atoms with Crippen molar-refractivity contribution in [1.82, 2.24) is 19.7 Å². The smallest absolute Gasteiger partial charge is 0.417 e. The van der Waals surface area contributed by atoms with Gasteiger partial charge in [-0.1, -0.05) is 20.8 Å². The molecule has 10 heteroatoms. The normalized spacial score (nSPS) is 12.4. The summed E-state index contributed by atoms with van der Waals surface area (Å²) in [6.45, 7) is 9.51.